The number of anilines is 2. The van der Waals surface area contributed by atoms with Crippen LogP contribution in [0.5, 0.6) is 0 Å². The summed E-state index contributed by atoms with van der Waals surface area (Å²) in [6.45, 7) is 3.17. The lowest BCUT2D eigenvalue weighted by Crippen LogP contribution is -2.35. The van der Waals surface area contributed by atoms with Gasteiger partial charge in [-0.25, -0.2) is 4.98 Å². The SMILES string of the molecule is Cc1cnc(N2CCCC2C2CCCC2)c(N)c1. The van der Waals surface area contributed by atoms with Gasteiger partial charge in [-0.2, -0.15) is 0 Å². The van der Waals surface area contributed by atoms with Gasteiger partial charge in [0.1, 0.15) is 0 Å². The van der Waals surface area contributed by atoms with Crippen molar-refractivity contribution in [2.24, 2.45) is 5.92 Å². The van der Waals surface area contributed by atoms with Gasteiger partial charge in [0.15, 0.2) is 5.82 Å². The molecule has 1 aromatic heterocycles. The number of nitrogens with zero attached hydrogens (tertiary/aromatic N) is 2. The Morgan fingerprint density at radius 1 is 1.22 bits per heavy atom. The maximum atomic E-state index is 6.16. The number of hydrogen-bond donors (Lipinski definition) is 1. The van der Waals surface area contributed by atoms with Gasteiger partial charge >= 0.3 is 0 Å². The fraction of sp³-hybridized carbons (Fsp3) is 0.667. The summed E-state index contributed by atoms with van der Waals surface area (Å²) in [7, 11) is 0. The molecule has 98 valence electrons. The summed E-state index contributed by atoms with van der Waals surface area (Å²) in [5, 5.41) is 0. The molecule has 0 spiro atoms. The molecule has 2 N–H and O–H groups in total. The molecule has 0 amide bonds. The Hall–Kier alpha value is -1.25. The van der Waals surface area contributed by atoms with Gasteiger partial charge in [-0.15, -0.1) is 0 Å². The Bertz CT molecular complexity index is 424. The lowest BCUT2D eigenvalue weighted by molar-refractivity contribution is 0.429. The molecular weight excluding hydrogens is 222 g/mol. The molecule has 1 unspecified atom stereocenters. The number of aryl methyl sites for hydroxylation is 1. The molecule has 2 aliphatic rings. The van der Waals surface area contributed by atoms with Crippen LogP contribution in [0.3, 0.4) is 0 Å². The highest BCUT2D eigenvalue weighted by Gasteiger charge is 2.34. The van der Waals surface area contributed by atoms with Crippen molar-refractivity contribution in [2.75, 3.05) is 17.2 Å². The van der Waals surface area contributed by atoms with Crippen molar-refractivity contribution >= 4 is 11.5 Å². The lowest BCUT2D eigenvalue weighted by atomic mass is 9.96. The minimum absolute atomic E-state index is 0.685. The van der Waals surface area contributed by atoms with Crippen LogP contribution in [0, 0.1) is 12.8 Å². The maximum Gasteiger partial charge on any atom is 0.152 e. The van der Waals surface area contributed by atoms with E-state index in [0.717, 1.165) is 29.5 Å². The van der Waals surface area contributed by atoms with Gasteiger partial charge in [-0.1, -0.05) is 12.8 Å². The number of nitrogen functional groups attached to an aromatic ring is 1. The first kappa shape index (κ1) is 11.8. The highest BCUT2D eigenvalue weighted by Crippen LogP contribution is 2.38. The zero-order valence-corrected chi connectivity index (χ0v) is 11.2. The Balaban J connectivity index is 1.85. The van der Waals surface area contributed by atoms with Crippen LogP contribution in [0.4, 0.5) is 11.5 Å². The van der Waals surface area contributed by atoms with E-state index in [1.165, 1.54) is 38.5 Å². The molecule has 3 nitrogen and oxygen atoms in total. The Morgan fingerprint density at radius 3 is 2.72 bits per heavy atom. The summed E-state index contributed by atoms with van der Waals surface area (Å²) in [6.07, 6.45) is 10.2. The Kier molecular flexibility index (Phi) is 3.14. The van der Waals surface area contributed by atoms with Gasteiger partial charge in [-0.05, 0) is 50.2 Å². The quantitative estimate of drug-likeness (QED) is 0.870. The molecule has 18 heavy (non-hydrogen) atoms. The molecule has 1 aromatic rings. The highest BCUT2D eigenvalue weighted by molar-refractivity contribution is 5.64. The number of hydrogen-bond acceptors (Lipinski definition) is 3. The third-order valence-corrected chi connectivity index (χ3v) is 4.55. The van der Waals surface area contributed by atoms with Crippen LogP contribution in [-0.2, 0) is 0 Å². The average Bonchev–Trinajstić information content (AvgIpc) is 2.98. The third-order valence-electron chi connectivity index (χ3n) is 4.55. The van der Waals surface area contributed by atoms with Gasteiger partial charge in [-0.3, -0.25) is 0 Å². The van der Waals surface area contributed by atoms with Gasteiger partial charge in [0.2, 0.25) is 0 Å². The second kappa shape index (κ2) is 4.79. The summed E-state index contributed by atoms with van der Waals surface area (Å²) in [5.74, 6) is 1.89. The Morgan fingerprint density at radius 2 is 2.00 bits per heavy atom. The number of aromatic nitrogens is 1. The monoisotopic (exact) mass is 245 g/mol. The number of rotatable bonds is 2. The van der Waals surface area contributed by atoms with Gasteiger partial charge < -0.3 is 10.6 Å². The molecule has 1 saturated carbocycles. The van der Waals surface area contributed by atoms with Crippen LogP contribution < -0.4 is 10.6 Å². The smallest absolute Gasteiger partial charge is 0.152 e. The molecule has 1 atom stereocenters. The first-order valence-corrected chi connectivity index (χ1v) is 7.24. The molecule has 0 bridgehead atoms. The fourth-order valence-electron chi connectivity index (χ4n) is 3.71. The normalized spacial score (nSPS) is 24.9. The van der Waals surface area contributed by atoms with E-state index in [9.17, 15) is 0 Å². The van der Waals surface area contributed by atoms with E-state index in [-0.39, 0.29) is 0 Å². The van der Waals surface area contributed by atoms with E-state index in [2.05, 4.69) is 9.88 Å². The van der Waals surface area contributed by atoms with Crippen LogP contribution in [0.25, 0.3) is 0 Å². The molecule has 2 heterocycles. The van der Waals surface area contributed by atoms with Crippen molar-refractivity contribution in [3.05, 3.63) is 17.8 Å². The van der Waals surface area contributed by atoms with Crippen LogP contribution in [0.2, 0.25) is 0 Å². The van der Waals surface area contributed by atoms with E-state index < -0.39 is 0 Å². The second-order valence-electron chi connectivity index (χ2n) is 5.87. The van der Waals surface area contributed by atoms with E-state index in [1.54, 1.807) is 0 Å². The van der Waals surface area contributed by atoms with Crippen LogP contribution in [-0.4, -0.2) is 17.6 Å². The van der Waals surface area contributed by atoms with Crippen molar-refractivity contribution in [1.29, 1.82) is 0 Å². The molecule has 1 saturated heterocycles. The molecule has 0 radical (unpaired) electrons. The highest BCUT2D eigenvalue weighted by atomic mass is 15.2. The summed E-state index contributed by atoms with van der Waals surface area (Å²) in [4.78, 5) is 7.06. The van der Waals surface area contributed by atoms with Crippen LogP contribution in [0.15, 0.2) is 12.3 Å². The summed E-state index contributed by atoms with van der Waals surface area (Å²) in [5.41, 5.74) is 8.15. The van der Waals surface area contributed by atoms with Gasteiger partial charge in [0.05, 0.1) is 5.69 Å². The van der Waals surface area contributed by atoms with Crippen molar-refractivity contribution < 1.29 is 0 Å². The molecule has 3 heteroatoms. The van der Waals surface area contributed by atoms with Crippen molar-refractivity contribution in [1.82, 2.24) is 4.98 Å². The predicted molar refractivity (Wildman–Crippen MR) is 75.7 cm³/mol. The van der Waals surface area contributed by atoms with Crippen LogP contribution in [0.1, 0.15) is 44.1 Å². The minimum atomic E-state index is 0.685. The predicted octanol–water partition coefficient (Wildman–Crippen LogP) is 3.13. The zero-order chi connectivity index (χ0) is 12.5. The van der Waals surface area contributed by atoms with Crippen LogP contribution >= 0.6 is 0 Å². The van der Waals surface area contributed by atoms with Crippen molar-refractivity contribution in [2.45, 2.75) is 51.5 Å². The van der Waals surface area contributed by atoms with E-state index >= 15 is 0 Å². The first-order valence-electron chi connectivity index (χ1n) is 7.24. The molecule has 1 aliphatic heterocycles. The molecular formula is C15H23N3. The Labute approximate surface area is 109 Å². The summed E-state index contributed by atoms with van der Waals surface area (Å²) < 4.78 is 0. The first-order chi connectivity index (χ1) is 8.75. The molecule has 3 rings (SSSR count). The third kappa shape index (κ3) is 2.06. The fourth-order valence-corrected chi connectivity index (χ4v) is 3.71. The maximum absolute atomic E-state index is 6.16. The molecule has 1 aliphatic carbocycles. The van der Waals surface area contributed by atoms with E-state index in [1.807, 2.05) is 19.2 Å². The zero-order valence-electron chi connectivity index (χ0n) is 11.2. The van der Waals surface area contributed by atoms with Crippen molar-refractivity contribution in [3.63, 3.8) is 0 Å². The lowest BCUT2D eigenvalue weighted by Gasteiger charge is -2.31. The number of pyridine rings is 1. The second-order valence-corrected chi connectivity index (χ2v) is 5.87. The molecule has 2 fully saturated rings. The largest absolute Gasteiger partial charge is 0.396 e. The van der Waals surface area contributed by atoms with Gasteiger partial charge in [0.25, 0.3) is 0 Å². The van der Waals surface area contributed by atoms with Crippen molar-refractivity contribution in [3.8, 4) is 0 Å². The number of nitrogens with two attached hydrogens (primary N) is 1. The summed E-state index contributed by atoms with van der Waals surface area (Å²) >= 11 is 0. The standard InChI is InChI=1S/C15H23N3/c1-11-9-13(16)15(17-10-11)18-8-4-7-14(18)12-5-2-3-6-12/h9-10,12,14H,2-8,16H2,1H3. The van der Waals surface area contributed by atoms with E-state index in [4.69, 9.17) is 5.73 Å². The molecule has 0 aromatic carbocycles. The average molecular weight is 245 g/mol. The van der Waals surface area contributed by atoms with Gasteiger partial charge in [0, 0.05) is 18.8 Å². The van der Waals surface area contributed by atoms with E-state index in [0.29, 0.717) is 6.04 Å². The minimum Gasteiger partial charge on any atom is -0.396 e. The topological polar surface area (TPSA) is 42.2 Å². The summed E-state index contributed by atoms with van der Waals surface area (Å²) in [6, 6.07) is 2.73.